The van der Waals surface area contributed by atoms with E-state index in [0.29, 0.717) is 10.8 Å². The number of halogens is 1. The first-order valence-electron chi connectivity index (χ1n) is 10.7. The van der Waals surface area contributed by atoms with Crippen LogP contribution in [-0.2, 0) is 20.2 Å². The van der Waals surface area contributed by atoms with Gasteiger partial charge in [0.05, 0.1) is 25.6 Å². The van der Waals surface area contributed by atoms with Gasteiger partial charge in [-0.1, -0.05) is 57.5 Å². The number of nitrogens with zero attached hydrogens (tertiary/aromatic N) is 1. The molecular weight excluding hydrogens is 464 g/mol. The zero-order valence-electron chi connectivity index (χ0n) is 20.0. The van der Waals surface area contributed by atoms with E-state index in [4.69, 9.17) is 21.1 Å². The summed E-state index contributed by atoms with van der Waals surface area (Å²) < 4.78 is 37.7. The number of anilines is 1. The highest BCUT2D eigenvalue weighted by Crippen LogP contribution is 2.35. The molecule has 2 aromatic rings. The van der Waals surface area contributed by atoms with E-state index in [0.717, 1.165) is 21.9 Å². The molecule has 1 amide bonds. The van der Waals surface area contributed by atoms with E-state index < -0.39 is 22.0 Å². The summed E-state index contributed by atoms with van der Waals surface area (Å²) in [7, 11) is -2.39. The van der Waals surface area contributed by atoms with Crippen LogP contribution in [-0.4, -0.2) is 46.9 Å². The van der Waals surface area contributed by atoms with Crippen LogP contribution in [0.3, 0.4) is 0 Å². The molecule has 0 spiro atoms. The number of nitrogens with one attached hydrogen (secondary N) is 1. The Bertz CT molecular complexity index is 1070. The normalized spacial score (nSPS) is 12.7. The number of carbonyl (C=O) groups is 1. The Morgan fingerprint density at radius 1 is 1.15 bits per heavy atom. The SMILES string of the molecule is CC[C@@H](C(=O)NCCOc1ccccc1C(C)(C)C)N(c1cc(Cl)ccc1OC)S(C)(=O)=O. The fourth-order valence-corrected chi connectivity index (χ4v) is 4.91. The van der Waals surface area contributed by atoms with Gasteiger partial charge in [-0.15, -0.1) is 0 Å². The van der Waals surface area contributed by atoms with Gasteiger partial charge in [0, 0.05) is 5.02 Å². The molecular formula is C24H33ClN2O5S. The molecule has 0 radical (unpaired) electrons. The average molecular weight is 497 g/mol. The second kappa shape index (κ2) is 11.1. The molecule has 33 heavy (non-hydrogen) atoms. The second-order valence-electron chi connectivity index (χ2n) is 8.68. The van der Waals surface area contributed by atoms with Crippen LogP contribution in [0.1, 0.15) is 39.7 Å². The average Bonchev–Trinajstić information content (AvgIpc) is 2.73. The molecule has 182 valence electrons. The van der Waals surface area contributed by atoms with Crippen molar-refractivity contribution in [3.05, 3.63) is 53.1 Å². The van der Waals surface area contributed by atoms with Crippen LogP contribution >= 0.6 is 11.6 Å². The maximum absolute atomic E-state index is 13.0. The van der Waals surface area contributed by atoms with Crippen molar-refractivity contribution >= 4 is 33.2 Å². The summed E-state index contributed by atoms with van der Waals surface area (Å²) in [6, 6.07) is 11.4. The molecule has 1 N–H and O–H groups in total. The Labute approximate surface area is 202 Å². The molecule has 1 atom stereocenters. The van der Waals surface area contributed by atoms with E-state index in [-0.39, 0.29) is 30.7 Å². The lowest BCUT2D eigenvalue weighted by atomic mass is 9.86. The molecule has 0 fully saturated rings. The first-order chi connectivity index (χ1) is 15.4. The van der Waals surface area contributed by atoms with Crippen LogP contribution in [0.25, 0.3) is 0 Å². The van der Waals surface area contributed by atoms with Gasteiger partial charge in [-0.2, -0.15) is 0 Å². The Morgan fingerprint density at radius 3 is 2.39 bits per heavy atom. The first kappa shape index (κ1) is 26.8. The Balaban J connectivity index is 2.16. The summed E-state index contributed by atoms with van der Waals surface area (Å²) in [6.07, 6.45) is 1.30. The minimum Gasteiger partial charge on any atom is -0.495 e. The van der Waals surface area contributed by atoms with Crippen molar-refractivity contribution in [1.29, 1.82) is 0 Å². The van der Waals surface area contributed by atoms with Crippen LogP contribution in [0.2, 0.25) is 5.02 Å². The van der Waals surface area contributed by atoms with Gasteiger partial charge in [-0.3, -0.25) is 9.10 Å². The molecule has 0 bridgehead atoms. The lowest BCUT2D eigenvalue weighted by molar-refractivity contribution is -0.122. The van der Waals surface area contributed by atoms with Crippen LogP contribution in [0.5, 0.6) is 11.5 Å². The molecule has 7 nitrogen and oxygen atoms in total. The van der Waals surface area contributed by atoms with Crippen molar-refractivity contribution in [3.8, 4) is 11.5 Å². The molecule has 0 aliphatic rings. The van der Waals surface area contributed by atoms with E-state index in [2.05, 4.69) is 26.1 Å². The van der Waals surface area contributed by atoms with Crippen LogP contribution < -0.4 is 19.1 Å². The number of sulfonamides is 1. The lowest BCUT2D eigenvalue weighted by Crippen LogP contribution is -2.50. The standard InChI is InChI=1S/C24H33ClN2O5S/c1-7-19(27(33(6,29)30)20-16-17(25)12-13-22(20)31-5)23(28)26-14-15-32-21-11-9-8-10-18(21)24(2,3)4/h8-13,16,19H,7,14-15H2,1-6H3,(H,26,28)/t19-/m0/s1. The summed E-state index contributed by atoms with van der Waals surface area (Å²) in [4.78, 5) is 13.0. The van der Waals surface area contributed by atoms with E-state index in [1.54, 1.807) is 19.1 Å². The zero-order chi connectivity index (χ0) is 24.8. The van der Waals surface area contributed by atoms with Gasteiger partial charge in [0.2, 0.25) is 15.9 Å². The maximum atomic E-state index is 13.0. The maximum Gasteiger partial charge on any atom is 0.244 e. The molecule has 0 saturated heterocycles. The van der Waals surface area contributed by atoms with Crippen LogP contribution in [0.15, 0.2) is 42.5 Å². The summed E-state index contributed by atoms with van der Waals surface area (Å²) in [5.41, 5.74) is 1.20. The highest BCUT2D eigenvalue weighted by atomic mass is 35.5. The Hall–Kier alpha value is -2.45. The van der Waals surface area contributed by atoms with Gasteiger partial charge in [0.15, 0.2) is 0 Å². The lowest BCUT2D eigenvalue weighted by Gasteiger charge is -2.31. The molecule has 9 heteroatoms. The predicted molar refractivity (Wildman–Crippen MR) is 133 cm³/mol. The number of amides is 1. The summed E-state index contributed by atoms with van der Waals surface area (Å²) in [5, 5.41) is 3.13. The third-order valence-corrected chi connectivity index (χ3v) is 6.46. The Kier molecular flexibility index (Phi) is 9.03. The summed E-state index contributed by atoms with van der Waals surface area (Å²) in [5.74, 6) is 0.628. The number of para-hydroxylation sites is 1. The first-order valence-corrected chi connectivity index (χ1v) is 13.0. The van der Waals surface area contributed by atoms with Crippen LogP contribution in [0.4, 0.5) is 5.69 Å². The minimum absolute atomic E-state index is 0.0842. The molecule has 0 saturated carbocycles. The van der Waals surface area contributed by atoms with Gasteiger partial charge in [0.1, 0.15) is 24.1 Å². The minimum atomic E-state index is -3.82. The quantitative estimate of drug-likeness (QED) is 0.493. The number of hydrogen-bond acceptors (Lipinski definition) is 5. The number of ether oxygens (including phenoxy) is 2. The highest BCUT2D eigenvalue weighted by molar-refractivity contribution is 7.92. The molecule has 0 heterocycles. The fourth-order valence-electron chi connectivity index (χ4n) is 3.54. The van der Waals surface area contributed by atoms with Crippen molar-refractivity contribution in [2.24, 2.45) is 0 Å². The van der Waals surface area contributed by atoms with E-state index in [1.165, 1.54) is 13.2 Å². The number of methoxy groups -OCH3 is 1. The van der Waals surface area contributed by atoms with Crippen molar-refractivity contribution in [2.75, 3.05) is 30.8 Å². The van der Waals surface area contributed by atoms with Crippen LogP contribution in [0, 0.1) is 0 Å². The topological polar surface area (TPSA) is 84.9 Å². The van der Waals surface area contributed by atoms with E-state index in [1.807, 2.05) is 24.3 Å². The molecule has 2 rings (SSSR count). The molecule has 2 aromatic carbocycles. The van der Waals surface area contributed by atoms with Crippen molar-refractivity contribution in [2.45, 2.75) is 45.6 Å². The molecule has 0 aromatic heterocycles. The van der Waals surface area contributed by atoms with Gasteiger partial charge in [0.25, 0.3) is 0 Å². The van der Waals surface area contributed by atoms with Crippen molar-refractivity contribution < 1.29 is 22.7 Å². The number of carbonyl (C=O) groups excluding carboxylic acids is 1. The predicted octanol–water partition coefficient (Wildman–Crippen LogP) is 4.39. The Morgan fingerprint density at radius 2 is 1.82 bits per heavy atom. The number of rotatable bonds is 10. The van der Waals surface area contributed by atoms with Gasteiger partial charge in [-0.25, -0.2) is 8.42 Å². The van der Waals surface area contributed by atoms with Gasteiger partial charge >= 0.3 is 0 Å². The largest absolute Gasteiger partial charge is 0.495 e. The van der Waals surface area contributed by atoms with Gasteiger partial charge in [-0.05, 0) is 41.7 Å². The smallest absolute Gasteiger partial charge is 0.244 e. The zero-order valence-corrected chi connectivity index (χ0v) is 21.6. The number of benzene rings is 2. The second-order valence-corrected chi connectivity index (χ2v) is 11.0. The van der Waals surface area contributed by atoms with Crippen molar-refractivity contribution in [1.82, 2.24) is 5.32 Å². The third kappa shape index (κ3) is 7.01. The third-order valence-electron chi connectivity index (χ3n) is 5.06. The highest BCUT2D eigenvalue weighted by Gasteiger charge is 2.33. The number of hydrogen-bond donors (Lipinski definition) is 1. The van der Waals surface area contributed by atoms with Crippen molar-refractivity contribution in [3.63, 3.8) is 0 Å². The fraction of sp³-hybridized carbons (Fsp3) is 0.458. The van der Waals surface area contributed by atoms with E-state index >= 15 is 0 Å². The van der Waals surface area contributed by atoms with Gasteiger partial charge < -0.3 is 14.8 Å². The van der Waals surface area contributed by atoms with E-state index in [9.17, 15) is 13.2 Å². The summed E-state index contributed by atoms with van der Waals surface area (Å²) >= 11 is 6.11. The molecule has 0 aliphatic carbocycles. The molecule has 0 aliphatic heterocycles. The summed E-state index contributed by atoms with van der Waals surface area (Å²) in [6.45, 7) is 8.52. The molecule has 0 unspecified atom stereocenters. The monoisotopic (exact) mass is 496 g/mol.